The van der Waals surface area contributed by atoms with Crippen LogP contribution in [-0.2, 0) is 20.1 Å². The number of pyridine rings is 1. The maximum Gasteiger partial charge on any atom is 0.0701 e. The third-order valence-electron chi connectivity index (χ3n) is 5.51. The molecule has 4 rings (SSSR count). The number of hydrogen-bond donors (Lipinski definition) is 0. The van der Waals surface area contributed by atoms with Crippen molar-refractivity contribution in [3.05, 3.63) is 120 Å². The Morgan fingerprint density at radius 1 is 0.533 bits per heavy atom. The predicted molar refractivity (Wildman–Crippen MR) is 119 cm³/mol. The topological polar surface area (TPSA) is 12.9 Å². The molecule has 1 fully saturated rings. The second-order valence-corrected chi connectivity index (χ2v) is 7.32. The molecule has 0 aliphatic heterocycles. The molecule has 2 aromatic carbocycles. The van der Waals surface area contributed by atoms with Crippen molar-refractivity contribution in [2.45, 2.75) is 34.6 Å². The van der Waals surface area contributed by atoms with Gasteiger partial charge in [0.2, 0.25) is 0 Å². The SMILES string of the molecule is C[C]1[C](C)[C](C)[C](c2ccccc2)[C]1C.Cc1ccc(-c2ccccn2)cc1.[Cl-].[Ir]. The number of hydrogen-bond acceptors (Lipinski definition) is 1. The quantitative estimate of drug-likeness (QED) is 0.437. The molecular weight excluding hydrogens is 566 g/mol. The average Bonchev–Trinajstić information content (AvgIpc) is 2.93. The van der Waals surface area contributed by atoms with Crippen LogP contribution < -0.4 is 12.4 Å². The molecule has 1 saturated carbocycles. The first kappa shape index (κ1) is 26.6. The molecule has 0 atom stereocenters. The minimum atomic E-state index is 0. The molecule has 0 amide bonds. The van der Waals surface area contributed by atoms with Crippen molar-refractivity contribution in [2.24, 2.45) is 0 Å². The van der Waals surface area contributed by atoms with Crippen molar-refractivity contribution in [3.63, 3.8) is 0 Å². The first-order chi connectivity index (χ1) is 13.5. The molecule has 0 bridgehead atoms. The standard InChI is InChI=1S/C15H17.C12H11N.ClH.Ir/c1-10-11(2)13(4)15(12(10)3)14-8-6-5-7-9-14;1-10-5-7-11(8-6-10)12-4-2-3-9-13-12;;/h5-9H,1-4H3;2-9H,1H3;1H;/p-1. The van der Waals surface area contributed by atoms with Crippen LogP contribution in [-0.4, -0.2) is 4.98 Å². The van der Waals surface area contributed by atoms with E-state index in [0.717, 1.165) is 5.69 Å². The van der Waals surface area contributed by atoms with E-state index < -0.39 is 0 Å². The van der Waals surface area contributed by atoms with Gasteiger partial charge in [-0.1, -0.05) is 93.9 Å². The fourth-order valence-corrected chi connectivity index (χ4v) is 3.51. The van der Waals surface area contributed by atoms with Crippen LogP contribution >= 0.6 is 0 Å². The largest absolute Gasteiger partial charge is 1.00 e. The van der Waals surface area contributed by atoms with Crippen LogP contribution in [0.25, 0.3) is 11.3 Å². The maximum absolute atomic E-state index is 4.28. The Bertz CT molecular complexity index is 837. The Labute approximate surface area is 202 Å². The zero-order valence-corrected chi connectivity index (χ0v) is 21.3. The second-order valence-electron chi connectivity index (χ2n) is 7.32. The van der Waals surface area contributed by atoms with E-state index >= 15 is 0 Å². The summed E-state index contributed by atoms with van der Waals surface area (Å²) in [6, 6.07) is 25.0. The molecular formula is C27H28ClIrN-. The Morgan fingerprint density at radius 3 is 1.57 bits per heavy atom. The zero-order chi connectivity index (χ0) is 20.1. The minimum absolute atomic E-state index is 0. The summed E-state index contributed by atoms with van der Waals surface area (Å²) in [4.78, 5) is 4.28. The van der Waals surface area contributed by atoms with Gasteiger partial charge in [0.15, 0.2) is 0 Å². The number of rotatable bonds is 2. The van der Waals surface area contributed by atoms with Gasteiger partial charge < -0.3 is 12.4 Å². The molecule has 0 unspecified atom stereocenters. The molecule has 158 valence electrons. The molecule has 6 radical (unpaired) electrons. The van der Waals surface area contributed by atoms with Gasteiger partial charge in [-0.2, -0.15) is 0 Å². The van der Waals surface area contributed by atoms with Crippen molar-refractivity contribution in [1.82, 2.24) is 4.98 Å². The van der Waals surface area contributed by atoms with Gasteiger partial charge in [-0.3, -0.25) is 4.98 Å². The smallest absolute Gasteiger partial charge is 0.0701 e. The fourth-order valence-electron chi connectivity index (χ4n) is 3.51. The van der Waals surface area contributed by atoms with Crippen molar-refractivity contribution < 1.29 is 32.5 Å². The normalized spacial score (nSPS) is 15.6. The van der Waals surface area contributed by atoms with Gasteiger partial charge in [0.25, 0.3) is 0 Å². The molecule has 0 spiro atoms. The third-order valence-corrected chi connectivity index (χ3v) is 5.51. The average molecular weight is 594 g/mol. The monoisotopic (exact) mass is 594 g/mol. The van der Waals surface area contributed by atoms with E-state index in [2.05, 4.69) is 94.2 Å². The van der Waals surface area contributed by atoms with Crippen molar-refractivity contribution in [1.29, 1.82) is 0 Å². The van der Waals surface area contributed by atoms with Crippen LogP contribution in [0.2, 0.25) is 0 Å². The van der Waals surface area contributed by atoms with Crippen LogP contribution in [0.5, 0.6) is 0 Å². The Balaban J connectivity index is 0.000000284. The van der Waals surface area contributed by atoms with E-state index in [0.29, 0.717) is 0 Å². The van der Waals surface area contributed by atoms with E-state index in [1.54, 1.807) is 0 Å². The van der Waals surface area contributed by atoms with E-state index in [4.69, 9.17) is 0 Å². The van der Waals surface area contributed by atoms with E-state index in [9.17, 15) is 0 Å². The van der Waals surface area contributed by atoms with Crippen molar-refractivity contribution in [2.75, 3.05) is 0 Å². The van der Waals surface area contributed by atoms with Gasteiger partial charge >= 0.3 is 0 Å². The summed E-state index contributed by atoms with van der Waals surface area (Å²) in [6.45, 7) is 11.0. The van der Waals surface area contributed by atoms with Gasteiger partial charge in [0.05, 0.1) is 5.69 Å². The zero-order valence-electron chi connectivity index (χ0n) is 18.2. The van der Waals surface area contributed by atoms with Gasteiger partial charge in [0.1, 0.15) is 0 Å². The summed E-state index contributed by atoms with van der Waals surface area (Å²) in [6.07, 6.45) is 1.81. The summed E-state index contributed by atoms with van der Waals surface area (Å²) in [7, 11) is 0. The van der Waals surface area contributed by atoms with E-state index in [-0.39, 0.29) is 32.5 Å². The van der Waals surface area contributed by atoms with Gasteiger partial charge in [0, 0.05) is 37.8 Å². The summed E-state index contributed by atoms with van der Waals surface area (Å²) >= 11 is 0. The van der Waals surface area contributed by atoms with E-state index in [1.807, 2.05) is 24.4 Å². The Morgan fingerprint density at radius 2 is 1.07 bits per heavy atom. The molecule has 1 nitrogen and oxygen atoms in total. The van der Waals surface area contributed by atoms with Crippen LogP contribution in [0.1, 0.15) is 38.8 Å². The molecule has 1 aliphatic carbocycles. The van der Waals surface area contributed by atoms with E-state index in [1.165, 1.54) is 46.3 Å². The first-order valence-electron chi connectivity index (χ1n) is 9.75. The van der Waals surface area contributed by atoms with Crippen LogP contribution in [0.4, 0.5) is 0 Å². The maximum atomic E-state index is 4.28. The molecule has 0 N–H and O–H groups in total. The Hall–Kier alpha value is -1.47. The van der Waals surface area contributed by atoms with Crippen molar-refractivity contribution in [3.8, 4) is 11.3 Å². The molecule has 3 heteroatoms. The first-order valence-corrected chi connectivity index (χ1v) is 9.75. The second kappa shape index (κ2) is 12.4. The van der Waals surface area contributed by atoms with Crippen LogP contribution in [0.15, 0.2) is 79.0 Å². The summed E-state index contributed by atoms with van der Waals surface area (Å²) in [5.74, 6) is 7.15. The molecule has 1 aliphatic rings. The number of nitrogens with zero attached hydrogens (tertiary/aromatic N) is 1. The fraction of sp³-hybridized carbons (Fsp3) is 0.185. The molecule has 1 heterocycles. The predicted octanol–water partition coefficient (Wildman–Crippen LogP) is 4.06. The van der Waals surface area contributed by atoms with Gasteiger partial charge in [-0.05, 0) is 48.3 Å². The van der Waals surface area contributed by atoms with Crippen LogP contribution in [0.3, 0.4) is 0 Å². The number of aryl methyl sites for hydroxylation is 1. The summed E-state index contributed by atoms with van der Waals surface area (Å²) in [5, 5.41) is 0. The van der Waals surface area contributed by atoms with Crippen LogP contribution in [0, 0.1) is 36.5 Å². The molecule has 0 saturated heterocycles. The number of benzene rings is 2. The number of aromatic nitrogens is 1. The minimum Gasteiger partial charge on any atom is -1.00 e. The summed E-state index contributed by atoms with van der Waals surface area (Å²) in [5.41, 5.74) is 4.82. The van der Waals surface area contributed by atoms with Gasteiger partial charge in [-0.15, -0.1) is 0 Å². The molecule has 3 aromatic rings. The molecule has 30 heavy (non-hydrogen) atoms. The third kappa shape index (κ3) is 6.27. The van der Waals surface area contributed by atoms with Crippen molar-refractivity contribution >= 4 is 0 Å². The molecule has 1 aromatic heterocycles. The van der Waals surface area contributed by atoms with Gasteiger partial charge in [-0.25, -0.2) is 0 Å². The summed E-state index contributed by atoms with van der Waals surface area (Å²) < 4.78 is 0. The Kier molecular flexibility index (Phi) is 11.0. The number of halogens is 1.